The second kappa shape index (κ2) is 4.87. The van der Waals surface area contributed by atoms with Crippen LogP contribution >= 0.6 is 0 Å². The number of hydrogen-bond donors (Lipinski definition) is 5. The molecule has 1 aliphatic rings. The van der Waals surface area contributed by atoms with Crippen molar-refractivity contribution in [3.05, 3.63) is 22.7 Å². The highest BCUT2D eigenvalue weighted by molar-refractivity contribution is 5.23. The van der Waals surface area contributed by atoms with Gasteiger partial charge in [0.25, 0.3) is 0 Å². The van der Waals surface area contributed by atoms with Crippen LogP contribution in [0.1, 0.15) is 6.23 Å². The quantitative estimate of drug-likeness (QED) is 0.386. The molecule has 0 saturated carbocycles. The lowest BCUT2D eigenvalue weighted by Crippen LogP contribution is -2.52. The van der Waals surface area contributed by atoms with Crippen LogP contribution in [-0.4, -0.2) is 61.0 Å². The van der Waals surface area contributed by atoms with Crippen LogP contribution < -0.4 is 11.4 Å². The molecule has 2 heterocycles. The topological polar surface area (TPSA) is 151 Å². The van der Waals surface area contributed by atoms with Gasteiger partial charge in [-0.25, -0.2) is 4.79 Å². The normalized spacial score (nSPS) is 34.6. The average Bonchev–Trinajstić information content (AvgIpc) is 2.63. The Morgan fingerprint density at radius 2 is 2.21 bits per heavy atom. The third-order valence-electron chi connectivity index (χ3n) is 3.19. The fraction of sp³-hybridized carbons (Fsp3) is 0.600. The van der Waals surface area contributed by atoms with Crippen LogP contribution in [-0.2, 0) is 4.74 Å². The Morgan fingerprint density at radius 3 is 2.68 bits per heavy atom. The number of ether oxygens (including phenoxy) is 1. The Morgan fingerprint density at radius 1 is 1.53 bits per heavy atom. The summed E-state index contributed by atoms with van der Waals surface area (Å²) in [6, 6.07) is 1.32. The van der Waals surface area contributed by atoms with E-state index in [2.05, 4.69) is 4.98 Å². The van der Waals surface area contributed by atoms with Gasteiger partial charge in [-0.1, -0.05) is 0 Å². The molecule has 0 amide bonds. The molecule has 2 rings (SSSR count). The predicted octanol–water partition coefficient (Wildman–Crippen LogP) is -3.20. The van der Waals surface area contributed by atoms with Gasteiger partial charge in [0.15, 0.2) is 6.23 Å². The van der Waals surface area contributed by atoms with Gasteiger partial charge in [0.05, 0.1) is 13.2 Å². The molecule has 1 aromatic heterocycles. The summed E-state index contributed by atoms with van der Waals surface area (Å²) in [5.41, 5.74) is 2.51. The molecule has 1 aromatic rings. The van der Waals surface area contributed by atoms with Crippen molar-refractivity contribution in [2.45, 2.75) is 24.0 Å². The number of aromatic nitrogens is 2. The Balaban J connectivity index is 2.39. The van der Waals surface area contributed by atoms with Crippen molar-refractivity contribution in [1.29, 1.82) is 0 Å². The van der Waals surface area contributed by atoms with E-state index in [1.165, 1.54) is 12.3 Å². The minimum absolute atomic E-state index is 0.00450. The van der Waals surface area contributed by atoms with Crippen LogP contribution in [0.25, 0.3) is 0 Å². The first-order valence-electron chi connectivity index (χ1n) is 5.56. The lowest BCUT2D eigenvalue weighted by molar-refractivity contribution is -0.119. The van der Waals surface area contributed by atoms with Crippen molar-refractivity contribution in [3.8, 4) is 0 Å². The van der Waals surface area contributed by atoms with E-state index in [0.29, 0.717) is 0 Å². The second-order valence-corrected chi connectivity index (χ2v) is 4.33. The van der Waals surface area contributed by atoms with E-state index in [4.69, 9.17) is 20.7 Å². The summed E-state index contributed by atoms with van der Waals surface area (Å²) in [6.07, 6.45) is -2.84. The Hall–Kier alpha value is -1.52. The largest absolute Gasteiger partial charge is 0.394 e. The van der Waals surface area contributed by atoms with Gasteiger partial charge in [-0.2, -0.15) is 4.98 Å². The van der Waals surface area contributed by atoms with E-state index in [1.807, 2.05) is 0 Å². The lowest BCUT2D eigenvalue weighted by atomic mass is 9.93. The number of anilines is 1. The van der Waals surface area contributed by atoms with Crippen LogP contribution in [0.15, 0.2) is 17.1 Å². The monoisotopic (exact) mass is 273 g/mol. The number of nitrogens with zero attached hydrogens (tertiary/aromatic N) is 2. The van der Waals surface area contributed by atoms with E-state index in [0.717, 1.165) is 4.57 Å². The van der Waals surface area contributed by atoms with Crippen LogP contribution in [0.3, 0.4) is 0 Å². The van der Waals surface area contributed by atoms with Crippen molar-refractivity contribution < 1.29 is 25.2 Å². The summed E-state index contributed by atoms with van der Waals surface area (Å²) in [7, 11) is 0. The van der Waals surface area contributed by atoms with Crippen LogP contribution in [0.2, 0.25) is 0 Å². The number of rotatable bonds is 3. The molecular formula is C10H15N3O6. The van der Waals surface area contributed by atoms with Crippen LogP contribution in [0.5, 0.6) is 0 Å². The molecule has 0 bridgehead atoms. The first kappa shape index (κ1) is 13.9. The molecule has 9 heteroatoms. The van der Waals surface area contributed by atoms with Crippen molar-refractivity contribution in [2.75, 3.05) is 18.9 Å². The number of aliphatic hydroxyl groups is 4. The summed E-state index contributed by atoms with van der Waals surface area (Å²) in [6.45, 7) is -1.45. The van der Waals surface area contributed by atoms with Crippen molar-refractivity contribution >= 4 is 5.82 Å². The molecule has 0 radical (unpaired) electrons. The summed E-state index contributed by atoms with van der Waals surface area (Å²) < 4.78 is 6.14. The maximum Gasteiger partial charge on any atom is 0.351 e. The molecule has 1 fully saturated rings. The van der Waals surface area contributed by atoms with Gasteiger partial charge < -0.3 is 30.9 Å². The fourth-order valence-corrected chi connectivity index (χ4v) is 2.03. The summed E-state index contributed by atoms with van der Waals surface area (Å²) >= 11 is 0. The molecule has 0 unspecified atom stereocenters. The van der Waals surface area contributed by atoms with E-state index in [9.17, 15) is 15.0 Å². The highest BCUT2D eigenvalue weighted by Gasteiger charge is 2.55. The lowest BCUT2D eigenvalue weighted by Gasteiger charge is -2.27. The van der Waals surface area contributed by atoms with E-state index in [1.54, 1.807) is 0 Å². The predicted molar refractivity (Wildman–Crippen MR) is 61.9 cm³/mol. The Kier molecular flexibility index (Phi) is 3.56. The van der Waals surface area contributed by atoms with Crippen molar-refractivity contribution in [2.24, 2.45) is 0 Å². The van der Waals surface area contributed by atoms with Gasteiger partial charge in [-0.3, -0.25) is 4.57 Å². The Labute approximate surface area is 107 Å². The van der Waals surface area contributed by atoms with Crippen molar-refractivity contribution in [3.63, 3.8) is 0 Å². The Bertz CT molecular complexity index is 520. The minimum Gasteiger partial charge on any atom is -0.394 e. The zero-order valence-corrected chi connectivity index (χ0v) is 9.88. The molecule has 6 N–H and O–H groups in total. The van der Waals surface area contributed by atoms with Gasteiger partial charge in [-0.05, 0) is 6.07 Å². The van der Waals surface area contributed by atoms with E-state index in [-0.39, 0.29) is 5.82 Å². The highest BCUT2D eigenvalue weighted by atomic mass is 16.6. The van der Waals surface area contributed by atoms with Crippen molar-refractivity contribution in [1.82, 2.24) is 9.55 Å². The third kappa shape index (κ3) is 2.11. The number of aliphatic hydroxyl groups excluding tert-OH is 3. The van der Waals surface area contributed by atoms with Gasteiger partial charge in [0.2, 0.25) is 0 Å². The molecule has 1 aliphatic heterocycles. The standard InChI is InChI=1S/C10H15N3O6/c11-6-1-2-13(9(17)12-6)8-7(16)10(18,4-15)5(3-14)19-8/h1-2,5,7-8,14-16,18H,3-4H2,(H2,11,12,17)/t5-,7+,8-,10-/m1/s1. The maximum atomic E-state index is 11.6. The summed E-state index contributed by atoms with van der Waals surface area (Å²) in [5, 5.41) is 38.3. The molecule has 1 saturated heterocycles. The van der Waals surface area contributed by atoms with Gasteiger partial charge >= 0.3 is 5.69 Å². The molecule has 0 aliphatic carbocycles. The number of nitrogen functional groups attached to an aromatic ring is 1. The highest BCUT2D eigenvalue weighted by Crippen LogP contribution is 2.36. The SMILES string of the molecule is Nc1ccn([C@@H]2O[C@H](CO)[C@](O)(CO)[C@H]2O)c(=O)n1. The second-order valence-electron chi connectivity index (χ2n) is 4.33. The molecule has 19 heavy (non-hydrogen) atoms. The van der Waals surface area contributed by atoms with Gasteiger partial charge in [0.1, 0.15) is 23.6 Å². The summed E-state index contributed by atoms with van der Waals surface area (Å²) in [4.78, 5) is 15.1. The average molecular weight is 273 g/mol. The minimum atomic E-state index is -2.06. The van der Waals surface area contributed by atoms with E-state index < -0.39 is 42.9 Å². The third-order valence-corrected chi connectivity index (χ3v) is 3.19. The smallest absolute Gasteiger partial charge is 0.351 e. The first-order valence-corrected chi connectivity index (χ1v) is 5.56. The first-order chi connectivity index (χ1) is 8.93. The molecule has 0 spiro atoms. The van der Waals surface area contributed by atoms with Crippen LogP contribution in [0.4, 0.5) is 5.82 Å². The number of hydrogen-bond acceptors (Lipinski definition) is 8. The zero-order chi connectivity index (χ0) is 14.2. The molecule has 106 valence electrons. The summed E-state index contributed by atoms with van der Waals surface area (Å²) in [5.74, 6) is 0.00450. The zero-order valence-electron chi connectivity index (χ0n) is 9.88. The molecule has 4 atom stereocenters. The van der Waals surface area contributed by atoms with Crippen LogP contribution in [0, 0.1) is 0 Å². The molecule has 0 aromatic carbocycles. The number of nitrogens with two attached hydrogens (primary N) is 1. The fourth-order valence-electron chi connectivity index (χ4n) is 2.03. The maximum absolute atomic E-state index is 11.6. The molecule has 9 nitrogen and oxygen atoms in total. The van der Waals surface area contributed by atoms with E-state index >= 15 is 0 Å². The van der Waals surface area contributed by atoms with Gasteiger partial charge in [0, 0.05) is 6.20 Å². The van der Waals surface area contributed by atoms with Gasteiger partial charge in [-0.15, -0.1) is 0 Å². The molecular weight excluding hydrogens is 258 g/mol.